The second kappa shape index (κ2) is 8.84. The fourth-order valence-electron chi connectivity index (χ4n) is 2.12. The van der Waals surface area contributed by atoms with Crippen LogP contribution in [0.2, 0.25) is 0 Å². The summed E-state index contributed by atoms with van der Waals surface area (Å²) in [6.07, 6.45) is -1.05. The minimum Gasteiger partial charge on any atom is -0.387 e. The molecular weight excluding hydrogens is 366 g/mol. The fourth-order valence-corrected chi connectivity index (χ4v) is 3.16. The number of hydrogen-bond donors (Lipinski definition) is 3. The van der Waals surface area contributed by atoms with Crippen LogP contribution in [0.1, 0.15) is 18.1 Å². The molecule has 26 heavy (non-hydrogen) atoms. The van der Waals surface area contributed by atoms with Gasteiger partial charge in [0.15, 0.2) is 11.6 Å². The van der Waals surface area contributed by atoms with Gasteiger partial charge in [-0.3, -0.25) is 4.79 Å². The van der Waals surface area contributed by atoms with E-state index in [4.69, 9.17) is 0 Å². The summed E-state index contributed by atoms with van der Waals surface area (Å²) >= 11 is 0. The molecule has 0 aliphatic rings. The molecule has 6 nitrogen and oxygen atoms in total. The zero-order chi connectivity index (χ0) is 19.2. The Bertz CT molecular complexity index is 860. The number of hydrogen-bond acceptors (Lipinski definition) is 4. The number of carbonyl (C=O) groups excluding carboxylic acids is 1. The molecular formula is C17H18F2N2O4S. The van der Waals surface area contributed by atoms with Crippen molar-refractivity contribution in [2.75, 3.05) is 13.1 Å². The zero-order valence-electron chi connectivity index (χ0n) is 13.7. The SMILES string of the molecule is O=C(CCNS(=O)(=O)c1ccc(F)c(F)c1)NCC(O)c1ccccc1. The van der Waals surface area contributed by atoms with Crippen LogP contribution in [-0.2, 0) is 14.8 Å². The number of aliphatic hydroxyl groups is 1. The predicted octanol–water partition coefficient (Wildman–Crippen LogP) is 1.48. The van der Waals surface area contributed by atoms with Crippen LogP contribution in [0.15, 0.2) is 53.4 Å². The molecule has 1 amide bonds. The number of sulfonamides is 1. The normalized spacial score (nSPS) is 12.6. The topological polar surface area (TPSA) is 95.5 Å². The Morgan fingerprint density at radius 3 is 2.42 bits per heavy atom. The van der Waals surface area contributed by atoms with Crippen molar-refractivity contribution in [2.24, 2.45) is 0 Å². The van der Waals surface area contributed by atoms with Gasteiger partial charge in [0.1, 0.15) is 0 Å². The summed E-state index contributed by atoms with van der Waals surface area (Å²) in [6, 6.07) is 10.9. The summed E-state index contributed by atoms with van der Waals surface area (Å²) in [4.78, 5) is 11.3. The van der Waals surface area contributed by atoms with Crippen LogP contribution in [0, 0.1) is 11.6 Å². The van der Waals surface area contributed by atoms with Gasteiger partial charge < -0.3 is 10.4 Å². The molecule has 1 unspecified atom stereocenters. The van der Waals surface area contributed by atoms with Crippen molar-refractivity contribution >= 4 is 15.9 Å². The van der Waals surface area contributed by atoms with E-state index in [0.717, 1.165) is 6.07 Å². The van der Waals surface area contributed by atoms with Crippen molar-refractivity contribution in [1.82, 2.24) is 10.0 Å². The summed E-state index contributed by atoms with van der Waals surface area (Å²) in [6.45, 7) is -0.243. The van der Waals surface area contributed by atoms with E-state index >= 15 is 0 Å². The van der Waals surface area contributed by atoms with Gasteiger partial charge in [0.05, 0.1) is 11.0 Å². The van der Waals surface area contributed by atoms with E-state index in [-0.39, 0.29) is 19.5 Å². The third kappa shape index (κ3) is 5.58. The van der Waals surface area contributed by atoms with Crippen molar-refractivity contribution in [3.05, 3.63) is 65.7 Å². The molecule has 0 saturated carbocycles. The predicted molar refractivity (Wildman–Crippen MR) is 90.6 cm³/mol. The van der Waals surface area contributed by atoms with E-state index in [9.17, 15) is 27.1 Å². The van der Waals surface area contributed by atoms with Gasteiger partial charge in [-0.2, -0.15) is 0 Å². The number of carbonyl (C=O) groups is 1. The maximum Gasteiger partial charge on any atom is 0.240 e. The van der Waals surface area contributed by atoms with Crippen LogP contribution in [0.4, 0.5) is 8.78 Å². The fraction of sp³-hybridized carbons (Fsp3) is 0.235. The molecule has 0 aliphatic heterocycles. The van der Waals surface area contributed by atoms with Crippen LogP contribution >= 0.6 is 0 Å². The molecule has 3 N–H and O–H groups in total. The lowest BCUT2D eigenvalue weighted by Gasteiger charge is -2.12. The van der Waals surface area contributed by atoms with E-state index in [0.29, 0.717) is 17.7 Å². The van der Waals surface area contributed by atoms with Crippen molar-refractivity contribution in [2.45, 2.75) is 17.4 Å². The van der Waals surface area contributed by atoms with Gasteiger partial charge in [0.25, 0.3) is 0 Å². The number of nitrogens with one attached hydrogen (secondary N) is 2. The Labute approximate surface area is 149 Å². The molecule has 0 bridgehead atoms. The summed E-state index contributed by atoms with van der Waals surface area (Å²) in [5, 5.41) is 12.4. The van der Waals surface area contributed by atoms with Gasteiger partial charge in [-0.25, -0.2) is 21.9 Å². The van der Waals surface area contributed by atoms with Crippen LogP contribution in [-0.4, -0.2) is 32.5 Å². The Morgan fingerprint density at radius 2 is 1.77 bits per heavy atom. The van der Waals surface area contributed by atoms with E-state index in [1.165, 1.54) is 0 Å². The third-order valence-electron chi connectivity index (χ3n) is 3.52. The first kappa shape index (κ1) is 20.0. The molecule has 2 aromatic rings. The molecule has 0 spiro atoms. The summed E-state index contributed by atoms with van der Waals surface area (Å²) < 4.78 is 52.0. The highest BCUT2D eigenvalue weighted by Crippen LogP contribution is 2.13. The Morgan fingerprint density at radius 1 is 1.08 bits per heavy atom. The van der Waals surface area contributed by atoms with Crippen LogP contribution < -0.4 is 10.0 Å². The summed E-state index contributed by atoms with van der Waals surface area (Å²) in [7, 11) is -4.06. The average Bonchev–Trinajstić information content (AvgIpc) is 2.62. The number of halogens is 2. The second-order valence-electron chi connectivity index (χ2n) is 5.45. The van der Waals surface area contributed by atoms with Gasteiger partial charge in [-0.1, -0.05) is 30.3 Å². The molecule has 2 aromatic carbocycles. The van der Waals surface area contributed by atoms with E-state index in [1.54, 1.807) is 30.3 Å². The number of rotatable bonds is 8. The number of aliphatic hydroxyl groups excluding tert-OH is 1. The lowest BCUT2D eigenvalue weighted by molar-refractivity contribution is -0.121. The molecule has 9 heteroatoms. The molecule has 2 rings (SSSR count). The Kier molecular flexibility index (Phi) is 6.78. The monoisotopic (exact) mass is 384 g/mol. The van der Waals surface area contributed by atoms with Crippen molar-refractivity contribution in [3.63, 3.8) is 0 Å². The number of benzene rings is 2. The van der Waals surface area contributed by atoms with E-state index in [2.05, 4.69) is 10.0 Å². The van der Waals surface area contributed by atoms with Crippen molar-refractivity contribution < 1.29 is 27.1 Å². The lowest BCUT2D eigenvalue weighted by atomic mass is 10.1. The second-order valence-corrected chi connectivity index (χ2v) is 7.22. The first-order valence-electron chi connectivity index (χ1n) is 7.74. The lowest BCUT2D eigenvalue weighted by Crippen LogP contribution is -2.32. The molecule has 1 atom stereocenters. The average molecular weight is 384 g/mol. The van der Waals surface area contributed by atoms with Crippen LogP contribution in [0.3, 0.4) is 0 Å². The minimum absolute atomic E-state index is 0.0151. The first-order valence-corrected chi connectivity index (χ1v) is 9.22. The Hall–Kier alpha value is -2.36. The molecule has 0 heterocycles. The highest BCUT2D eigenvalue weighted by atomic mass is 32.2. The van der Waals surface area contributed by atoms with Crippen molar-refractivity contribution in [3.8, 4) is 0 Å². The smallest absolute Gasteiger partial charge is 0.240 e. The molecule has 0 saturated heterocycles. The summed E-state index contributed by atoms with van der Waals surface area (Å²) in [5.74, 6) is -2.89. The zero-order valence-corrected chi connectivity index (χ0v) is 14.5. The van der Waals surface area contributed by atoms with Crippen LogP contribution in [0.5, 0.6) is 0 Å². The van der Waals surface area contributed by atoms with Gasteiger partial charge in [0.2, 0.25) is 15.9 Å². The van der Waals surface area contributed by atoms with Gasteiger partial charge in [0, 0.05) is 19.5 Å². The van der Waals surface area contributed by atoms with E-state index in [1.807, 2.05) is 0 Å². The summed E-state index contributed by atoms with van der Waals surface area (Å²) in [5.41, 5.74) is 0.645. The van der Waals surface area contributed by atoms with Crippen LogP contribution in [0.25, 0.3) is 0 Å². The molecule has 0 aliphatic carbocycles. The van der Waals surface area contributed by atoms with Crippen molar-refractivity contribution in [1.29, 1.82) is 0 Å². The van der Waals surface area contributed by atoms with Gasteiger partial charge in [-0.05, 0) is 23.8 Å². The molecule has 140 valence electrons. The highest BCUT2D eigenvalue weighted by Gasteiger charge is 2.17. The largest absolute Gasteiger partial charge is 0.387 e. The first-order chi connectivity index (χ1) is 12.3. The molecule has 0 radical (unpaired) electrons. The quantitative estimate of drug-likeness (QED) is 0.643. The molecule has 0 aromatic heterocycles. The number of amides is 1. The maximum absolute atomic E-state index is 13.1. The highest BCUT2D eigenvalue weighted by molar-refractivity contribution is 7.89. The van der Waals surface area contributed by atoms with Gasteiger partial charge in [-0.15, -0.1) is 0 Å². The van der Waals surface area contributed by atoms with E-state index < -0.39 is 38.6 Å². The third-order valence-corrected chi connectivity index (χ3v) is 4.98. The standard InChI is InChI=1S/C17H18F2N2O4S/c18-14-7-6-13(10-15(14)19)26(24,25)21-9-8-17(23)20-11-16(22)12-4-2-1-3-5-12/h1-7,10,16,21-22H,8-9,11H2,(H,20,23). The minimum atomic E-state index is -4.06. The molecule has 0 fully saturated rings. The maximum atomic E-state index is 13.1. The Balaban J connectivity index is 1.79. The van der Waals surface area contributed by atoms with Gasteiger partial charge >= 0.3 is 0 Å².